The lowest BCUT2D eigenvalue weighted by molar-refractivity contribution is -0.123. The molecule has 2 aromatic carbocycles. The second-order valence-corrected chi connectivity index (χ2v) is 5.46. The van der Waals surface area contributed by atoms with Crippen molar-refractivity contribution in [1.82, 2.24) is 5.32 Å². The number of nitriles is 1. The van der Waals surface area contributed by atoms with Crippen LogP contribution in [0.2, 0.25) is 0 Å². The van der Waals surface area contributed by atoms with Gasteiger partial charge in [-0.3, -0.25) is 4.79 Å². The number of ether oxygens (including phenoxy) is 2. The maximum atomic E-state index is 12.1. The van der Waals surface area contributed by atoms with Crippen molar-refractivity contribution < 1.29 is 14.3 Å². The fourth-order valence-electron chi connectivity index (χ4n) is 2.33. The van der Waals surface area contributed by atoms with Crippen LogP contribution in [-0.4, -0.2) is 19.6 Å². The van der Waals surface area contributed by atoms with Crippen molar-refractivity contribution in [2.24, 2.45) is 0 Å². The second-order valence-electron chi connectivity index (χ2n) is 5.46. The van der Waals surface area contributed by atoms with Crippen LogP contribution in [0.25, 0.3) is 0 Å². The Morgan fingerprint density at radius 3 is 2.58 bits per heavy atom. The molecule has 0 aromatic heterocycles. The van der Waals surface area contributed by atoms with Crippen LogP contribution in [0.15, 0.2) is 42.5 Å². The van der Waals surface area contributed by atoms with Crippen molar-refractivity contribution in [2.45, 2.75) is 19.9 Å². The number of carbonyl (C=O) groups is 1. The largest absolute Gasteiger partial charge is 0.496 e. The van der Waals surface area contributed by atoms with E-state index in [1.165, 1.54) is 0 Å². The van der Waals surface area contributed by atoms with E-state index in [-0.39, 0.29) is 18.6 Å². The molecule has 0 saturated carbocycles. The molecular weight excluding hydrogens is 304 g/mol. The number of methoxy groups -OCH3 is 1. The summed E-state index contributed by atoms with van der Waals surface area (Å²) in [6, 6.07) is 14.3. The highest BCUT2D eigenvalue weighted by Gasteiger charge is 2.14. The lowest BCUT2D eigenvalue weighted by Gasteiger charge is -2.18. The van der Waals surface area contributed by atoms with Crippen molar-refractivity contribution in [2.75, 3.05) is 13.7 Å². The Morgan fingerprint density at radius 1 is 1.25 bits per heavy atom. The zero-order valence-electron chi connectivity index (χ0n) is 14.0. The molecule has 2 aromatic rings. The molecule has 1 amide bonds. The van der Waals surface area contributed by atoms with E-state index < -0.39 is 0 Å². The van der Waals surface area contributed by atoms with E-state index in [9.17, 15) is 4.79 Å². The van der Waals surface area contributed by atoms with E-state index in [0.29, 0.717) is 11.3 Å². The summed E-state index contributed by atoms with van der Waals surface area (Å²) in [6.07, 6.45) is 0. The third kappa shape index (κ3) is 4.50. The summed E-state index contributed by atoms with van der Waals surface area (Å²) in [5, 5.41) is 11.6. The van der Waals surface area contributed by atoms with E-state index in [0.717, 1.165) is 16.9 Å². The minimum absolute atomic E-state index is 0.0929. The van der Waals surface area contributed by atoms with Crippen LogP contribution in [0.1, 0.15) is 29.7 Å². The van der Waals surface area contributed by atoms with Crippen LogP contribution in [0.4, 0.5) is 0 Å². The third-order valence-electron chi connectivity index (χ3n) is 3.58. The van der Waals surface area contributed by atoms with Gasteiger partial charge in [-0.15, -0.1) is 0 Å². The fourth-order valence-corrected chi connectivity index (χ4v) is 2.33. The number of carbonyl (C=O) groups excluding carboxylic acids is 1. The normalized spacial score (nSPS) is 11.2. The molecule has 124 valence electrons. The molecule has 5 nitrogen and oxygen atoms in total. The molecule has 0 radical (unpaired) electrons. The zero-order valence-corrected chi connectivity index (χ0v) is 14.0. The molecule has 0 unspecified atom stereocenters. The molecule has 0 saturated heterocycles. The summed E-state index contributed by atoms with van der Waals surface area (Å²) in [7, 11) is 1.61. The average Bonchev–Trinajstić information content (AvgIpc) is 2.60. The fraction of sp³-hybridized carbons (Fsp3) is 0.263. The summed E-state index contributed by atoms with van der Waals surface area (Å²) in [5.74, 6) is 1.06. The van der Waals surface area contributed by atoms with Gasteiger partial charge < -0.3 is 14.8 Å². The van der Waals surface area contributed by atoms with Crippen molar-refractivity contribution >= 4 is 5.91 Å². The van der Waals surface area contributed by atoms with Gasteiger partial charge in [0.1, 0.15) is 11.5 Å². The summed E-state index contributed by atoms with van der Waals surface area (Å²) in [4.78, 5) is 12.1. The summed E-state index contributed by atoms with van der Waals surface area (Å²) >= 11 is 0. The molecule has 5 heteroatoms. The van der Waals surface area contributed by atoms with Crippen molar-refractivity contribution in [3.63, 3.8) is 0 Å². The molecular formula is C19H20N2O3. The first-order valence-corrected chi connectivity index (χ1v) is 7.60. The first-order chi connectivity index (χ1) is 11.5. The predicted molar refractivity (Wildman–Crippen MR) is 90.9 cm³/mol. The van der Waals surface area contributed by atoms with Crippen molar-refractivity contribution in [3.8, 4) is 17.6 Å². The van der Waals surface area contributed by atoms with Gasteiger partial charge in [0, 0.05) is 5.56 Å². The first-order valence-electron chi connectivity index (χ1n) is 7.60. The summed E-state index contributed by atoms with van der Waals surface area (Å²) in [5.41, 5.74) is 2.57. The van der Waals surface area contributed by atoms with Gasteiger partial charge in [-0.1, -0.05) is 17.7 Å². The molecule has 0 spiro atoms. The number of rotatable bonds is 6. The van der Waals surface area contributed by atoms with Gasteiger partial charge in [0.25, 0.3) is 5.91 Å². The first kappa shape index (κ1) is 17.4. The van der Waals surface area contributed by atoms with Crippen LogP contribution in [-0.2, 0) is 4.79 Å². The molecule has 2 rings (SSSR count). The number of hydrogen-bond acceptors (Lipinski definition) is 4. The standard InChI is InChI=1S/C19H20N2O3/c1-13-4-9-18(23-3)17(10-13)14(2)21-19(22)12-24-16-7-5-15(11-20)6-8-16/h4-10,14H,12H2,1-3H3,(H,21,22)/t14-/m1/s1. The molecule has 0 bridgehead atoms. The van der Waals surface area contributed by atoms with E-state index >= 15 is 0 Å². The highest BCUT2D eigenvalue weighted by molar-refractivity contribution is 5.78. The monoisotopic (exact) mass is 324 g/mol. The topological polar surface area (TPSA) is 71.3 Å². The quantitative estimate of drug-likeness (QED) is 0.886. The van der Waals surface area contributed by atoms with Gasteiger partial charge in [0.15, 0.2) is 6.61 Å². The number of amides is 1. The zero-order chi connectivity index (χ0) is 17.5. The smallest absolute Gasteiger partial charge is 0.258 e. The highest BCUT2D eigenvalue weighted by atomic mass is 16.5. The van der Waals surface area contributed by atoms with Gasteiger partial charge in [-0.05, 0) is 44.2 Å². The Kier molecular flexibility index (Phi) is 5.80. The van der Waals surface area contributed by atoms with Crippen LogP contribution < -0.4 is 14.8 Å². The lowest BCUT2D eigenvalue weighted by atomic mass is 10.0. The molecule has 0 aliphatic heterocycles. The molecule has 0 heterocycles. The number of hydrogen-bond donors (Lipinski definition) is 1. The Hall–Kier alpha value is -3.00. The van der Waals surface area contributed by atoms with E-state index in [1.54, 1.807) is 31.4 Å². The Morgan fingerprint density at radius 2 is 1.96 bits per heavy atom. The summed E-state index contributed by atoms with van der Waals surface area (Å²) in [6.45, 7) is 3.80. The van der Waals surface area contributed by atoms with Gasteiger partial charge in [0.2, 0.25) is 0 Å². The van der Waals surface area contributed by atoms with Crippen LogP contribution in [0.3, 0.4) is 0 Å². The second kappa shape index (κ2) is 8.02. The van der Waals surface area contributed by atoms with Crippen molar-refractivity contribution in [1.29, 1.82) is 5.26 Å². The van der Waals surface area contributed by atoms with E-state index in [2.05, 4.69) is 5.32 Å². The van der Waals surface area contributed by atoms with E-state index in [1.807, 2.05) is 38.1 Å². The van der Waals surface area contributed by atoms with Crippen LogP contribution in [0, 0.1) is 18.3 Å². The van der Waals surface area contributed by atoms with Gasteiger partial charge >= 0.3 is 0 Å². The Bertz CT molecular complexity index is 748. The molecule has 0 aliphatic rings. The molecule has 0 fully saturated rings. The summed E-state index contributed by atoms with van der Waals surface area (Å²) < 4.78 is 10.8. The number of aryl methyl sites for hydroxylation is 1. The van der Waals surface area contributed by atoms with Gasteiger partial charge in [-0.25, -0.2) is 0 Å². The maximum absolute atomic E-state index is 12.1. The number of nitrogens with one attached hydrogen (secondary N) is 1. The molecule has 0 aliphatic carbocycles. The van der Waals surface area contributed by atoms with Gasteiger partial charge in [0.05, 0.1) is 24.8 Å². The third-order valence-corrected chi connectivity index (χ3v) is 3.58. The van der Waals surface area contributed by atoms with Crippen LogP contribution in [0.5, 0.6) is 11.5 Å². The molecule has 1 N–H and O–H groups in total. The highest BCUT2D eigenvalue weighted by Crippen LogP contribution is 2.26. The van der Waals surface area contributed by atoms with Crippen LogP contribution >= 0.6 is 0 Å². The minimum atomic E-state index is -0.226. The predicted octanol–water partition coefficient (Wildman–Crippen LogP) is 3.13. The van der Waals surface area contributed by atoms with E-state index in [4.69, 9.17) is 14.7 Å². The number of nitrogens with zero attached hydrogens (tertiary/aromatic N) is 1. The Balaban J connectivity index is 1.94. The van der Waals surface area contributed by atoms with Gasteiger partial charge in [-0.2, -0.15) is 5.26 Å². The molecule has 1 atom stereocenters. The lowest BCUT2D eigenvalue weighted by Crippen LogP contribution is -2.31. The number of benzene rings is 2. The SMILES string of the molecule is COc1ccc(C)cc1[C@@H](C)NC(=O)COc1ccc(C#N)cc1. The minimum Gasteiger partial charge on any atom is -0.496 e. The molecule has 24 heavy (non-hydrogen) atoms. The Labute approximate surface area is 141 Å². The maximum Gasteiger partial charge on any atom is 0.258 e. The average molecular weight is 324 g/mol. The van der Waals surface area contributed by atoms with Crippen molar-refractivity contribution in [3.05, 3.63) is 59.2 Å².